The molecule has 1 aliphatic rings. The Bertz CT molecular complexity index is 1960. The smallest absolute Gasteiger partial charge is 0.303 e. The highest BCUT2D eigenvalue weighted by molar-refractivity contribution is 5.99. The van der Waals surface area contributed by atoms with Crippen LogP contribution in [0.5, 0.6) is 5.75 Å². The molecule has 0 aromatic heterocycles. The quantitative estimate of drug-likeness (QED) is 0.0761. The van der Waals surface area contributed by atoms with Crippen molar-refractivity contribution in [3.63, 3.8) is 0 Å². The molecule has 0 saturated carbocycles. The number of nitrogens with one attached hydrogen (secondary N) is 6. The second-order valence-corrected chi connectivity index (χ2v) is 15.3. The predicted molar refractivity (Wildman–Crippen MR) is 216 cm³/mol. The van der Waals surface area contributed by atoms with Crippen molar-refractivity contribution in [2.24, 2.45) is 23.3 Å². The zero-order valence-corrected chi connectivity index (χ0v) is 34.0. The molecular weight excluding hydrogens is 764 g/mol. The van der Waals surface area contributed by atoms with Crippen molar-refractivity contribution in [1.29, 1.82) is 0 Å². The summed E-state index contributed by atoms with van der Waals surface area (Å²) in [5.74, 6) is -8.23. The first kappa shape index (κ1) is 44.1. The fourth-order valence-electron chi connectivity index (χ4n) is 6.54. The third-order valence-electron chi connectivity index (χ3n) is 10.3. The number of carboxylic acids is 1. The first-order chi connectivity index (χ1) is 28.6. The van der Waals surface area contributed by atoms with Crippen molar-refractivity contribution in [2.45, 2.75) is 115 Å². The second kappa shape index (κ2) is 21.6. The third-order valence-corrected chi connectivity index (χ3v) is 10.3. The molecule has 12 N–H and O–H groups in total. The molecule has 1 aliphatic carbocycles. The van der Waals surface area contributed by atoms with E-state index in [-0.39, 0.29) is 31.3 Å². The highest BCUT2D eigenvalue weighted by atomic mass is 16.4. The Morgan fingerprint density at radius 2 is 1.46 bits per heavy atom. The van der Waals surface area contributed by atoms with E-state index in [1.165, 1.54) is 19.1 Å². The van der Waals surface area contributed by atoms with Gasteiger partial charge in [0.2, 0.25) is 41.4 Å². The van der Waals surface area contributed by atoms with Crippen molar-refractivity contribution < 1.29 is 51.3 Å². The van der Waals surface area contributed by atoms with Crippen LogP contribution in [-0.4, -0.2) is 99.8 Å². The number of aryl methyl sites for hydroxylation is 1. The largest absolute Gasteiger partial charge is 0.508 e. The Labute approximate surface area is 346 Å². The van der Waals surface area contributed by atoms with Crippen molar-refractivity contribution in [2.75, 3.05) is 6.54 Å². The molecule has 0 fully saturated rings. The van der Waals surface area contributed by atoms with E-state index in [4.69, 9.17) is 14.2 Å². The average Bonchev–Trinajstić information content (AvgIpc) is 3.20. The number of hydrogen-bond acceptors (Lipinski definition) is 10. The molecule has 0 saturated heterocycles. The Hall–Kier alpha value is -6.04. The predicted octanol–water partition coefficient (Wildman–Crippen LogP) is -0.567. The minimum atomic E-state index is -1.70. The molecule has 322 valence electrons. The molecule has 7 atom stereocenters. The number of carbonyl (C=O) groups excluding carboxylic acids is 7. The Balaban J connectivity index is 1.86. The normalized spacial score (nSPS) is 18.2. The lowest BCUT2D eigenvalue weighted by Crippen LogP contribution is -2.66. The summed E-state index contributed by atoms with van der Waals surface area (Å²) in [4.78, 5) is 105. The molecule has 0 unspecified atom stereocenters. The number of primary amides is 1. The summed E-state index contributed by atoms with van der Waals surface area (Å²) >= 11 is 0. The monoisotopic (exact) mass is 826 g/mol. The Kier molecular flexibility index (Phi) is 16.2. The number of fused-ring (bicyclic) bond motifs is 1. The van der Waals surface area contributed by atoms with E-state index < -0.39 is 120 Å². The topological polar surface area (TPSA) is 301 Å². The number of aliphatic carboxylic acids is 1. The van der Waals surface area contributed by atoms with Crippen LogP contribution in [0.3, 0.4) is 0 Å². The maximum Gasteiger partial charge on any atom is 0.303 e. The molecule has 0 radical (unpaired) electrons. The number of aromatic hydroxyl groups is 1. The van der Waals surface area contributed by atoms with Crippen LogP contribution in [0, 0.1) is 11.8 Å². The van der Waals surface area contributed by atoms with Gasteiger partial charge >= 0.3 is 5.97 Å². The van der Waals surface area contributed by atoms with Gasteiger partial charge in [-0.05, 0) is 73.2 Å². The van der Waals surface area contributed by atoms with Crippen LogP contribution in [0.1, 0.15) is 79.7 Å². The number of phenols is 1. The molecule has 7 amide bonds. The molecule has 0 heterocycles. The first-order valence-corrected chi connectivity index (χ1v) is 19.5. The summed E-state index contributed by atoms with van der Waals surface area (Å²) in [5, 5.41) is 34.8. The molecule has 59 heavy (non-hydrogen) atoms. The van der Waals surface area contributed by atoms with E-state index in [9.17, 15) is 48.6 Å². The van der Waals surface area contributed by atoms with Crippen molar-refractivity contribution >= 4 is 47.3 Å². The van der Waals surface area contributed by atoms with Gasteiger partial charge in [0.25, 0.3) is 0 Å². The van der Waals surface area contributed by atoms with Crippen LogP contribution in [0.4, 0.5) is 0 Å². The summed E-state index contributed by atoms with van der Waals surface area (Å²) in [6.45, 7) is 7.68. The van der Waals surface area contributed by atoms with Gasteiger partial charge in [-0.1, -0.05) is 70.5 Å². The number of carboxylic acid groups (broad SMARTS) is 1. The maximum absolute atomic E-state index is 14.5. The van der Waals surface area contributed by atoms with Gasteiger partial charge in [-0.15, -0.1) is 0 Å². The van der Waals surface area contributed by atoms with E-state index in [1.54, 1.807) is 39.8 Å². The number of amides is 7. The van der Waals surface area contributed by atoms with Crippen LogP contribution in [-0.2, 0) is 57.6 Å². The number of hydrogen-bond donors (Lipinski definition) is 10. The minimum Gasteiger partial charge on any atom is -0.508 e. The van der Waals surface area contributed by atoms with Crippen LogP contribution in [0.2, 0.25) is 0 Å². The minimum absolute atomic E-state index is 0.0359. The number of nitrogens with two attached hydrogens (primary N) is 2. The Morgan fingerprint density at radius 1 is 0.831 bits per heavy atom. The summed E-state index contributed by atoms with van der Waals surface area (Å²) in [6.07, 6.45) is -0.288. The van der Waals surface area contributed by atoms with Crippen LogP contribution < -0.4 is 43.4 Å². The van der Waals surface area contributed by atoms with Gasteiger partial charge in [-0.25, -0.2) is 0 Å². The number of rotatable bonds is 21. The number of benzene rings is 2. The van der Waals surface area contributed by atoms with E-state index >= 15 is 0 Å². The fourth-order valence-corrected chi connectivity index (χ4v) is 6.54. The molecule has 2 aromatic carbocycles. The lowest BCUT2D eigenvalue weighted by atomic mass is 9.76. The molecule has 2 aromatic rings. The number of carbonyl (C=O) groups is 8. The zero-order chi connectivity index (χ0) is 45.8. The summed E-state index contributed by atoms with van der Waals surface area (Å²) < 4.78 is 15.6. The molecule has 0 spiro atoms. The SMILES string of the molecule is [3H]c1cc(C[C@H](N)C(=O)N[C@H](C)C(=O)N[C@]2(C(=O)N[C@@H](CCC(=O)O)C(=O)N[C@H](C(=O)N[C@H](C(=O)NCC(N)=O)[C@@H](C)CC)C(C)C)CCc3ccccc3C2)cc([3H])c1O. The van der Waals surface area contributed by atoms with Gasteiger partial charge in [-0.2, -0.15) is 0 Å². The van der Waals surface area contributed by atoms with Gasteiger partial charge in [0, 0.05) is 12.8 Å². The second-order valence-electron chi connectivity index (χ2n) is 15.3. The molecule has 18 nitrogen and oxygen atoms in total. The van der Waals surface area contributed by atoms with E-state index in [0.717, 1.165) is 11.1 Å². The van der Waals surface area contributed by atoms with Crippen molar-refractivity contribution in [1.82, 2.24) is 31.9 Å². The zero-order valence-electron chi connectivity index (χ0n) is 36.0. The van der Waals surface area contributed by atoms with E-state index in [1.807, 2.05) is 12.1 Å². The van der Waals surface area contributed by atoms with Gasteiger partial charge in [-0.3, -0.25) is 38.4 Å². The fraction of sp³-hybridized carbons (Fsp3) is 0.512. The summed E-state index contributed by atoms with van der Waals surface area (Å²) in [7, 11) is 0. The van der Waals surface area contributed by atoms with Gasteiger partial charge in [0.15, 0.2) is 0 Å². The van der Waals surface area contributed by atoms with Crippen LogP contribution in [0.15, 0.2) is 48.5 Å². The standard InChI is InChI=1S/C41H58N8O10/c1-6-23(4)34(38(57)44-21-31(43)51)48-39(58)33(22(2)3)47-37(56)30(15-16-32(52)53)46-40(59)41(18-17-26-9-7-8-10-27(26)20-41)49-35(54)24(5)45-36(55)29(42)19-25-11-13-28(50)14-12-25/h7-14,22-24,29-30,33-34,50H,6,15-21,42H2,1-5H3,(H2,43,51)(H,44,57)(H,45,55)(H,46,59)(H,47,56)(H,48,58)(H,49,54)(H,52,53)/t23-,24+,29-,30-,33-,34-,41+/m0/s1/i13T,14T. The highest BCUT2D eigenvalue weighted by Crippen LogP contribution is 2.30. The maximum atomic E-state index is 14.5. The molecule has 3 rings (SSSR count). The Morgan fingerprint density at radius 3 is 2.05 bits per heavy atom. The lowest BCUT2D eigenvalue weighted by molar-refractivity contribution is -0.140. The summed E-state index contributed by atoms with van der Waals surface area (Å²) in [5.41, 5.74) is 11.5. The third kappa shape index (κ3) is 13.8. The lowest BCUT2D eigenvalue weighted by Gasteiger charge is -2.39. The first-order valence-electron chi connectivity index (χ1n) is 20.5. The summed E-state index contributed by atoms with van der Waals surface area (Å²) in [6, 6.07) is 2.78. The van der Waals surface area contributed by atoms with Crippen LogP contribution >= 0.6 is 0 Å². The van der Waals surface area contributed by atoms with E-state index in [0.29, 0.717) is 18.4 Å². The van der Waals surface area contributed by atoms with E-state index in [2.05, 4.69) is 31.9 Å². The molecule has 0 bridgehead atoms. The van der Waals surface area contributed by atoms with Crippen LogP contribution in [0.25, 0.3) is 0 Å². The highest BCUT2D eigenvalue weighted by Gasteiger charge is 2.45. The van der Waals surface area contributed by atoms with Crippen molar-refractivity contribution in [3.8, 4) is 5.75 Å². The molecular formula is C41H58N8O10. The van der Waals surface area contributed by atoms with Crippen molar-refractivity contribution in [3.05, 3.63) is 65.2 Å². The van der Waals surface area contributed by atoms with Gasteiger partial charge < -0.3 is 53.6 Å². The average molecular weight is 827 g/mol. The number of phenolic OH excluding ortho intramolecular Hbond substituents is 1. The molecule has 0 aliphatic heterocycles. The molecule has 18 heteroatoms. The van der Waals surface area contributed by atoms with Gasteiger partial charge in [0.1, 0.15) is 35.5 Å². The van der Waals surface area contributed by atoms with Gasteiger partial charge in [0.05, 0.1) is 15.3 Å².